The van der Waals surface area contributed by atoms with Gasteiger partial charge in [-0.15, -0.1) is 5.10 Å². The van der Waals surface area contributed by atoms with Gasteiger partial charge in [0, 0.05) is 26.6 Å². The first-order chi connectivity index (χ1) is 10.6. The second-order valence-corrected chi connectivity index (χ2v) is 5.89. The average Bonchev–Trinajstić information content (AvgIpc) is 3.17. The Labute approximate surface area is 129 Å². The second kappa shape index (κ2) is 6.33. The molecule has 0 unspecified atom stereocenters. The zero-order valence-corrected chi connectivity index (χ0v) is 12.8. The predicted molar refractivity (Wildman–Crippen MR) is 81.5 cm³/mol. The van der Waals surface area contributed by atoms with Crippen LogP contribution in [0.15, 0.2) is 0 Å². The number of piperidine rings is 1. The number of rotatable bonds is 3. The van der Waals surface area contributed by atoms with Crippen molar-refractivity contribution in [1.29, 1.82) is 0 Å². The monoisotopic (exact) mass is 306 g/mol. The summed E-state index contributed by atoms with van der Waals surface area (Å²) in [5.41, 5.74) is 0. The number of likely N-dealkylation sites (tertiary alicyclic amines) is 1. The summed E-state index contributed by atoms with van der Waals surface area (Å²) in [6, 6.07) is -0.402. The van der Waals surface area contributed by atoms with Gasteiger partial charge in [0.1, 0.15) is 6.04 Å². The molecule has 1 aromatic rings. The van der Waals surface area contributed by atoms with Gasteiger partial charge in [-0.25, -0.2) is 5.10 Å². The van der Waals surface area contributed by atoms with Crippen molar-refractivity contribution in [3.05, 3.63) is 0 Å². The Morgan fingerprint density at radius 2 is 1.95 bits per heavy atom. The minimum Gasteiger partial charge on any atom is -0.340 e. The van der Waals surface area contributed by atoms with Gasteiger partial charge in [-0.05, 0) is 32.1 Å². The van der Waals surface area contributed by atoms with Gasteiger partial charge in [0.15, 0.2) is 0 Å². The van der Waals surface area contributed by atoms with Gasteiger partial charge in [-0.1, -0.05) is 0 Å². The molecule has 2 aliphatic rings. The lowest BCUT2D eigenvalue weighted by molar-refractivity contribution is -0.134. The molecule has 0 bridgehead atoms. The smallest absolute Gasteiger partial charge is 0.249 e. The molecule has 22 heavy (non-hydrogen) atoms. The zero-order valence-electron chi connectivity index (χ0n) is 12.8. The van der Waals surface area contributed by atoms with Crippen LogP contribution in [0, 0.1) is 0 Å². The summed E-state index contributed by atoms with van der Waals surface area (Å²) in [7, 11) is 0. The zero-order chi connectivity index (χ0) is 15.5. The van der Waals surface area contributed by atoms with Crippen molar-refractivity contribution in [1.82, 2.24) is 20.1 Å². The third-order valence-corrected chi connectivity index (χ3v) is 4.31. The van der Waals surface area contributed by atoms with E-state index in [-0.39, 0.29) is 11.8 Å². The fourth-order valence-corrected chi connectivity index (χ4v) is 3.16. The molecule has 1 aromatic heterocycles. The first-order valence-corrected chi connectivity index (χ1v) is 7.90. The number of nitrogens with one attached hydrogen (secondary N) is 2. The number of anilines is 2. The van der Waals surface area contributed by atoms with E-state index in [9.17, 15) is 9.59 Å². The lowest BCUT2D eigenvalue weighted by Gasteiger charge is -2.24. The second-order valence-electron chi connectivity index (χ2n) is 5.89. The van der Waals surface area contributed by atoms with Gasteiger partial charge in [-0.3, -0.25) is 14.9 Å². The van der Waals surface area contributed by atoms with Gasteiger partial charge in [0.05, 0.1) is 0 Å². The van der Waals surface area contributed by atoms with Crippen LogP contribution >= 0.6 is 0 Å². The molecular formula is C14H22N6O2. The number of carbonyl (C=O) groups excluding carboxylic acids is 2. The van der Waals surface area contributed by atoms with Gasteiger partial charge in [0.2, 0.25) is 23.7 Å². The summed E-state index contributed by atoms with van der Waals surface area (Å²) in [6.07, 6.45) is 5.08. The molecule has 0 saturated carbocycles. The van der Waals surface area contributed by atoms with Gasteiger partial charge < -0.3 is 9.80 Å². The molecule has 1 atom stereocenters. The molecule has 2 aliphatic heterocycles. The maximum Gasteiger partial charge on any atom is 0.249 e. The van der Waals surface area contributed by atoms with Crippen LogP contribution in [0.3, 0.4) is 0 Å². The van der Waals surface area contributed by atoms with E-state index >= 15 is 0 Å². The summed E-state index contributed by atoms with van der Waals surface area (Å²) in [4.78, 5) is 31.9. The molecule has 0 radical (unpaired) electrons. The highest BCUT2D eigenvalue weighted by Gasteiger charge is 2.32. The molecule has 3 heterocycles. The van der Waals surface area contributed by atoms with Crippen LogP contribution in [0.25, 0.3) is 0 Å². The van der Waals surface area contributed by atoms with Crippen LogP contribution < -0.4 is 10.2 Å². The van der Waals surface area contributed by atoms with Crippen molar-refractivity contribution in [2.75, 3.05) is 29.9 Å². The minimum atomic E-state index is -0.402. The van der Waals surface area contributed by atoms with Crippen LogP contribution in [0.4, 0.5) is 11.9 Å². The van der Waals surface area contributed by atoms with E-state index < -0.39 is 6.04 Å². The van der Waals surface area contributed by atoms with E-state index in [0.29, 0.717) is 24.9 Å². The van der Waals surface area contributed by atoms with E-state index in [1.165, 1.54) is 13.3 Å². The first kappa shape index (κ1) is 14.8. The number of aromatic nitrogens is 3. The number of carbonyl (C=O) groups is 2. The summed E-state index contributed by atoms with van der Waals surface area (Å²) >= 11 is 0. The van der Waals surface area contributed by atoms with Crippen molar-refractivity contribution >= 4 is 23.7 Å². The Balaban J connectivity index is 1.62. The Morgan fingerprint density at radius 1 is 1.18 bits per heavy atom. The first-order valence-electron chi connectivity index (χ1n) is 7.90. The van der Waals surface area contributed by atoms with E-state index in [1.807, 2.05) is 0 Å². The Kier molecular flexibility index (Phi) is 4.26. The Hall–Kier alpha value is -2.12. The lowest BCUT2D eigenvalue weighted by atomic mass is 10.1. The normalized spacial score (nSPS) is 22.0. The van der Waals surface area contributed by atoms with E-state index in [4.69, 9.17) is 0 Å². The minimum absolute atomic E-state index is 0.0655. The van der Waals surface area contributed by atoms with Crippen molar-refractivity contribution in [3.8, 4) is 0 Å². The van der Waals surface area contributed by atoms with E-state index in [0.717, 1.165) is 32.4 Å². The summed E-state index contributed by atoms with van der Waals surface area (Å²) in [5.74, 6) is 0.712. The number of aromatic amines is 1. The van der Waals surface area contributed by atoms with Gasteiger partial charge in [-0.2, -0.15) is 4.98 Å². The number of hydrogen-bond donors (Lipinski definition) is 2. The van der Waals surface area contributed by atoms with Crippen LogP contribution in [0.1, 0.15) is 39.0 Å². The van der Waals surface area contributed by atoms with E-state index in [2.05, 4.69) is 25.4 Å². The highest BCUT2D eigenvalue weighted by molar-refractivity contribution is 5.96. The molecule has 0 spiro atoms. The predicted octanol–water partition coefficient (Wildman–Crippen LogP) is 0.744. The molecule has 0 aromatic carbocycles. The number of amides is 2. The quantitative estimate of drug-likeness (QED) is 0.859. The molecule has 2 amide bonds. The van der Waals surface area contributed by atoms with Gasteiger partial charge >= 0.3 is 0 Å². The Morgan fingerprint density at radius 3 is 2.68 bits per heavy atom. The summed E-state index contributed by atoms with van der Waals surface area (Å²) in [5, 5.41) is 9.67. The van der Waals surface area contributed by atoms with Crippen molar-refractivity contribution in [2.45, 2.75) is 45.1 Å². The maximum absolute atomic E-state index is 12.3. The average molecular weight is 306 g/mol. The molecule has 0 aliphatic carbocycles. The fraction of sp³-hybridized carbons (Fsp3) is 0.714. The molecule has 120 valence electrons. The number of nitrogens with zero attached hydrogens (tertiary/aromatic N) is 4. The van der Waals surface area contributed by atoms with Crippen LogP contribution in [-0.4, -0.2) is 57.6 Å². The molecule has 3 rings (SSSR count). The van der Waals surface area contributed by atoms with Crippen molar-refractivity contribution in [2.24, 2.45) is 0 Å². The largest absolute Gasteiger partial charge is 0.340 e. The van der Waals surface area contributed by atoms with Crippen LogP contribution in [0.2, 0.25) is 0 Å². The summed E-state index contributed by atoms with van der Waals surface area (Å²) in [6.45, 7) is 4.04. The SMILES string of the molecule is CC(=O)N1CCC[C@H]1C(=O)Nc1nc(N2CCCCC2)n[nH]1. The third-order valence-electron chi connectivity index (χ3n) is 4.31. The van der Waals surface area contributed by atoms with Crippen molar-refractivity contribution < 1.29 is 9.59 Å². The fourth-order valence-electron chi connectivity index (χ4n) is 3.16. The highest BCUT2D eigenvalue weighted by atomic mass is 16.2. The molecule has 2 N–H and O–H groups in total. The molecule has 8 nitrogen and oxygen atoms in total. The summed E-state index contributed by atoms with van der Waals surface area (Å²) < 4.78 is 0. The standard InChI is InChI=1S/C14H22N6O2/c1-10(21)20-9-5-6-11(20)12(22)15-13-16-14(18-17-13)19-7-3-2-4-8-19/h11H,2-9H2,1H3,(H2,15,16,17,18,22)/t11-/m0/s1. The Bertz CT molecular complexity index is 551. The van der Waals surface area contributed by atoms with Gasteiger partial charge in [0.25, 0.3) is 0 Å². The van der Waals surface area contributed by atoms with Crippen molar-refractivity contribution in [3.63, 3.8) is 0 Å². The number of H-pyrrole nitrogens is 1. The topological polar surface area (TPSA) is 94.2 Å². The maximum atomic E-state index is 12.3. The lowest BCUT2D eigenvalue weighted by Crippen LogP contribution is -2.42. The van der Waals surface area contributed by atoms with Crippen LogP contribution in [-0.2, 0) is 9.59 Å². The molecule has 8 heteroatoms. The number of hydrogen-bond acceptors (Lipinski definition) is 5. The van der Waals surface area contributed by atoms with E-state index in [1.54, 1.807) is 4.90 Å². The molecule has 2 fully saturated rings. The highest BCUT2D eigenvalue weighted by Crippen LogP contribution is 2.20. The van der Waals surface area contributed by atoms with Crippen LogP contribution in [0.5, 0.6) is 0 Å². The molecular weight excluding hydrogens is 284 g/mol. The molecule has 2 saturated heterocycles. The third kappa shape index (κ3) is 3.05.